The lowest BCUT2D eigenvalue weighted by Gasteiger charge is -2.04. The highest BCUT2D eigenvalue weighted by atomic mass is 32.1. The van der Waals surface area contributed by atoms with Crippen molar-refractivity contribution in [3.05, 3.63) is 51.6 Å². The first kappa shape index (κ1) is 16.2. The number of aromatic nitrogens is 2. The van der Waals surface area contributed by atoms with Gasteiger partial charge < -0.3 is 10.3 Å². The Bertz CT molecular complexity index is 951. The van der Waals surface area contributed by atoms with Gasteiger partial charge in [-0.1, -0.05) is 12.1 Å². The summed E-state index contributed by atoms with van der Waals surface area (Å²) in [5.41, 5.74) is 0.808. The number of benzene rings is 1. The van der Waals surface area contributed by atoms with E-state index in [2.05, 4.69) is 9.97 Å². The molecule has 24 heavy (non-hydrogen) atoms. The van der Waals surface area contributed by atoms with Gasteiger partial charge in [-0.05, 0) is 17.7 Å². The van der Waals surface area contributed by atoms with Crippen molar-refractivity contribution >= 4 is 27.5 Å². The van der Waals surface area contributed by atoms with Crippen LogP contribution in [-0.2, 0) is 11.3 Å². The van der Waals surface area contributed by atoms with Crippen molar-refractivity contribution in [1.29, 1.82) is 0 Å². The predicted molar refractivity (Wildman–Crippen MR) is 83.5 cm³/mol. The third-order valence-corrected chi connectivity index (χ3v) is 4.15. The van der Waals surface area contributed by atoms with E-state index in [4.69, 9.17) is 0 Å². The number of halogens is 3. The van der Waals surface area contributed by atoms with Crippen LogP contribution >= 0.6 is 11.3 Å². The number of nitrogens with zero attached hydrogens (tertiary/aromatic N) is 1. The first-order valence-electron chi connectivity index (χ1n) is 6.78. The quantitative estimate of drug-likeness (QED) is 0.757. The predicted octanol–water partition coefficient (Wildman–Crippen LogP) is 2.67. The van der Waals surface area contributed by atoms with Gasteiger partial charge in [0.15, 0.2) is 0 Å². The van der Waals surface area contributed by atoms with Crippen LogP contribution in [-0.4, -0.2) is 22.3 Å². The molecule has 0 bridgehead atoms. The van der Waals surface area contributed by atoms with Crippen molar-refractivity contribution in [1.82, 2.24) is 15.3 Å². The fourth-order valence-corrected chi connectivity index (χ4v) is 3.13. The van der Waals surface area contributed by atoms with Crippen molar-refractivity contribution in [2.45, 2.75) is 13.0 Å². The van der Waals surface area contributed by atoms with Crippen LogP contribution in [0.1, 0.15) is 5.82 Å². The summed E-state index contributed by atoms with van der Waals surface area (Å²) in [4.78, 5) is 30.2. The van der Waals surface area contributed by atoms with Crippen LogP contribution in [0.15, 0.2) is 34.4 Å². The Hall–Kier alpha value is -2.68. The zero-order valence-corrected chi connectivity index (χ0v) is 12.8. The number of fused-ring (bicyclic) bond motifs is 1. The number of H-pyrrole nitrogens is 1. The largest absolute Gasteiger partial charge is 0.344 e. The van der Waals surface area contributed by atoms with Crippen molar-refractivity contribution in [2.24, 2.45) is 0 Å². The number of nitrogens with one attached hydrogen (secondary N) is 2. The molecule has 0 unspecified atom stereocenters. The molecular weight excluding hydrogens is 343 g/mol. The Balaban J connectivity index is 1.95. The second kappa shape index (κ2) is 6.44. The monoisotopic (exact) mass is 353 g/mol. The summed E-state index contributed by atoms with van der Waals surface area (Å²) in [5, 5.41) is 4.02. The van der Waals surface area contributed by atoms with Crippen molar-refractivity contribution in [3.8, 4) is 11.1 Å². The molecular formula is C15H10F3N3O2S. The Labute approximate surface area is 137 Å². The summed E-state index contributed by atoms with van der Waals surface area (Å²) < 4.78 is 37.3. The maximum atomic E-state index is 13.0. The third kappa shape index (κ3) is 3.16. The lowest BCUT2D eigenvalue weighted by molar-refractivity contribution is -0.131. The van der Waals surface area contributed by atoms with Gasteiger partial charge in [-0.3, -0.25) is 9.59 Å². The maximum absolute atomic E-state index is 13.0. The number of rotatable bonds is 4. The molecule has 5 nitrogen and oxygen atoms in total. The average molecular weight is 353 g/mol. The molecule has 124 valence electrons. The minimum Gasteiger partial charge on any atom is -0.344 e. The third-order valence-electron chi connectivity index (χ3n) is 3.28. The van der Waals surface area contributed by atoms with E-state index in [9.17, 15) is 22.8 Å². The van der Waals surface area contributed by atoms with E-state index in [-0.39, 0.29) is 18.2 Å². The fraction of sp³-hybridized carbons (Fsp3) is 0.133. The molecule has 0 aliphatic heterocycles. The van der Waals surface area contributed by atoms with E-state index >= 15 is 0 Å². The molecule has 2 aromatic heterocycles. The SMILES string of the molecule is O=C(NCc1nc2scc(-c3ccc(F)cc3)c2c(=O)[nH]1)C(F)F. The Morgan fingerprint density at radius 3 is 2.67 bits per heavy atom. The highest BCUT2D eigenvalue weighted by Crippen LogP contribution is 2.30. The molecule has 2 N–H and O–H groups in total. The number of carbonyl (C=O) groups is 1. The van der Waals surface area contributed by atoms with Crippen LogP contribution in [0, 0.1) is 5.82 Å². The van der Waals surface area contributed by atoms with Gasteiger partial charge in [0, 0.05) is 10.9 Å². The van der Waals surface area contributed by atoms with Gasteiger partial charge in [0.2, 0.25) is 0 Å². The molecule has 3 rings (SSSR count). The van der Waals surface area contributed by atoms with Crippen molar-refractivity contribution in [3.63, 3.8) is 0 Å². The topological polar surface area (TPSA) is 74.8 Å². The molecule has 0 aliphatic rings. The lowest BCUT2D eigenvalue weighted by Crippen LogP contribution is -2.30. The fourth-order valence-electron chi connectivity index (χ4n) is 2.17. The normalized spacial score (nSPS) is 11.2. The van der Waals surface area contributed by atoms with Crippen LogP contribution in [0.3, 0.4) is 0 Å². The molecule has 0 radical (unpaired) electrons. The van der Waals surface area contributed by atoms with Gasteiger partial charge in [-0.2, -0.15) is 8.78 Å². The van der Waals surface area contributed by atoms with E-state index in [0.29, 0.717) is 21.3 Å². The lowest BCUT2D eigenvalue weighted by atomic mass is 10.1. The number of thiophene rings is 1. The maximum Gasteiger partial charge on any atom is 0.315 e. The van der Waals surface area contributed by atoms with Gasteiger partial charge in [0.05, 0.1) is 11.9 Å². The van der Waals surface area contributed by atoms with Gasteiger partial charge >= 0.3 is 6.43 Å². The van der Waals surface area contributed by atoms with Crippen molar-refractivity contribution in [2.75, 3.05) is 0 Å². The molecule has 0 atom stereocenters. The Morgan fingerprint density at radius 1 is 1.29 bits per heavy atom. The van der Waals surface area contributed by atoms with E-state index in [1.807, 2.05) is 5.32 Å². The smallest absolute Gasteiger partial charge is 0.315 e. The molecule has 1 aromatic carbocycles. The number of amides is 1. The number of hydrogen-bond acceptors (Lipinski definition) is 4. The summed E-state index contributed by atoms with van der Waals surface area (Å²) in [7, 11) is 0. The number of carbonyl (C=O) groups excluding carboxylic acids is 1. The molecule has 0 aliphatic carbocycles. The van der Waals surface area contributed by atoms with Gasteiger partial charge in [0.25, 0.3) is 11.5 Å². The van der Waals surface area contributed by atoms with Crippen LogP contribution < -0.4 is 10.9 Å². The first-order valence-corrected chi connectivity index (χ1v) is 7.66. The van der Waals surface area contributed by atoms with Crippen molar-refractivity contribution < 1.29 is 18.0 Å². The molecule has 0 spiro atoms. The molecule has 0 fully saturated rings. The Kier molecular flexibility index (Phi) is 4.34. The summed E-state index contributed by atoms with van der Waals surface area (Å²) in [5.74, 6) is -1.74. The van der Waals surface area contributed by atoms with E-state index in [0.717, 1.165) is 0 Å². The molecule has 2 heterocycles. The zero-order chi connectivity index (χ0) is 17.3. The second-order valence-corrected chi connectivity index (χ2v) is 5.73. The summed E-state index contributed by atoms with van der Waals surface area (Å²) >= 11 is 1.20. The Morgan fingerprint density at radius 2 is 2.00 bits per heavy atom. The molecule has 0 saturated heterocycles. The molecule has 0 saturated carbocycles. The summed E-state index contributed by atoms with van der Waals surface area (Å²) in [6, 6.07) is 5.67. The summed E-state index contributed by atoms with van der Waals surface area (Å²) in [6.07, 6.45) is -3.13. The average Bonchev–Trinajstić information content (AvgIpc) is 2.97. The number of alkyl halides is 2. The van der Waals surface area contributed by atoms with Crippen LogP contribution in [0.25, 0.3) is 21.3 Å². The second-order valence-electron chi connectivity index (χ2n) is 4.87. The first-order chi connectivity index (χ1) is 11.5. The van der Waals surface area contributed by atoms with E-state index < -0.39 is 17.9 Å². The minimum absolute atomic E-state index is 0.0778. The number of hydrogen-bond donors (Lipinski definition) is 2. The van der Waals surface area contributed by atoms with Gasteiger partial charge in [0.1, 0.15) is 16.5 Å². The minimum atomic E-state index is -3.13. The van der Waals surface area contributed by atoms with Crippen LogP contribution in [0.5, 0.6) is 0 Å². The molecule has 3 aromatic rings. The summed E-state index contributed by atoms with van der Waals surface area (Å²) in [6.45, 7) is -0.307. The molecule has 9 heteroatoms. The van der Waals surface area contributed by atoms with Crippen LogP contribution in [0.4, 0.5) is 13.2 Å². The van der Waals surface area contributed by atoms with Gasteiger partial charge in [-0.15, -0.1) is 11.3 Å². The van der Waals surface area contributed by atoms with Gasteiger partial charge in [-0.25, -0.2) is 9.37 Å². The van der Waals surface area contributed by atoms with E-state index in [1.54, 1.807) is 17.5 Å². The number of aromatic amines is 1. The zero-order valence-electron chi connectivity index (χ0n) is 12.0. The van der Waals surface area contributed by atoms with Crippen LogP contribution in [0.2, 0.25) is 0 Å². The molecule has 1 amide bonds. The highest BCUT2D eigenvalue weighted by molar-refractivity contribution is 7.17. The van der Waals surface area contributed by atoms with E-state index in [1.165, 1.54) is 23.5 Å². The highest BCUT2D eigenvalue weighted by Gasteiger charge is 2.16. The standard InChI is InChI=1S/C15H10F3N3O2S/c16-8-3-1-7(2-4-8)9-6-24-15-11(9)13(22)20-10(21-15)5-19-14(23)12(17)18/h1-4,6,12H,5H2,(H,19,23)(H,20,21,22).